The van der Waals surface area contributed by atoms with E-state index >= 15 is 0 Å². The molecule has 0 saturated carbocycles. The van der Waals surface area contributed by atoms with Gasteiger partial charge in [-0.2, -0.15) is 5.10 Å². The van der Waals surface area contributed by atoms with Crippen molar-refractivity contribution in [1.29, 1.82) is 0 Å². The number of hydrogen-bond donors (Lipinski definition) is 3. The molecule has 0 aliphatic heterocycles. The molecule has 0 saturated heterocycles. The van der Waals surface area contributed by atoms with Gasteiger partial charge in [0, 0.05) is 5.56 Å². The molecular weight excluding hydrogens is 234 g/mol. The second-order valence-electron chi connectivity index (χ2n) is 3.52. The number of para-hydroxylation sites is 1. The highest BCUT2D eigenvalue weighted by atomic mass is 16.3. The fourth-order valence-electron chi connectivity index (χ4n) is 1.20. The van der Waals surface area contributed by atoms with E-state index in [9.17, 15) is 9.90 Å². The minimum Gasteiger partial charge on any atom is -0.507 e. The number of nitrogens with one attached hydrogen (secondary N) is 2. The van der Waals surface area contributed by atoms with Crippen molar-refractivity contribution in [2.75, 3.05) is 5.43 Å². The Labute approximate surface area is 102 Å². The van der Waals surface area contributed by atoms with Crippen LogP contribution in [0.15, 0.2) is 34.2 Å². The van der Waals surface area contributed by atoms with E-state index in [1.54, 1.807) is 31.2 Å². The normalized spacial score (nSPS) is 10.7. The fourth-order valence-corrected chi connectivity index (χ4v) is 1.20. The summed E-state index contributed by atoms with van der Waals surface area (Å²) in [6, 6.07) is 6.73. The van der Waals surface area contributed by atoms with Crippen LogP contribution in [-0.2, 0) is 0 Å². The molecule has 18 heavy (non-hydrogen) atoms. The van der Waals surface area contributed by atoms with Crippen molar-refractivity contribution in [3.8, 4) is 5.75 Å². The number of phenols is 1. The third kappa shape index (κ3) is 2.70. The Morgan fingerprint density at radius 1 is 1.39 bits per heavy atom. The van der Waals surface area contributed by atoms with Gasteiger partial charge in [0.05, 0.1) is 6.21 Å². The molecule has 0 aliphatic carbocycles. The van der Waals surface area contributed by atoms with Crippen molar-refractivity contribution in [1.82, 2.24) is 15.2 Å². The average Bonchev–Trinajstić information content (AvgIpc) is 2.36. The number of aromatic nitrogens is 3. The van der Waals surface area contributed by atoms with E-state index in [-0.39, 0.29) is 23.0 Å². The van der Waals surface area contributed by atoms with Crippen molar-refractivity contribution < 1.29 is 5.11 Å². The number of phenolic OH excluding ortho intramolecular Hbond substituents is 1. The molecule has 0 atom stereocenters. The molecule has 0 radical (unpaired) electrons. The molecule has 7 heteroatoms. The highest BCUT2D eigenvalue weighted by Crippen LogP contribution is 2.12. The van der Waals surface area contributed by atoms with Crippen molar-refractivity contribution >= 4 is 12.2 Å². The monoisotopic (exact) mass is 245 g/mol. The highest BCUT2D eigenvalue weighted by molar-refractivity contribution is 5.83. The Morgan fingerprint density at radius 2 is 2.17 bits per heavy atom. The van der Waals surface area contributed by atoms with Crippen LogP contribution in [0.1, 0.15) is 11.3 Å². The lowest BCUT2D eigenvalue weighted by Crippen LogP contribution is -2.15. The Kier molecular flexibility index (Phi) is 3.33. The first-order valence-corrected chi connectivity index (χ1v) is 5.17. The van der Waals surface area contributed by atoms with Gasteiger partial charge in [-0.25, -0.2) is 5.43 Å². The Hall–Kier alpha value is -2.70. The maximum atomic E-state index is 11.2. The molecular formula is C11H11N5O2. The van der Waals surface area contributed by atoms with Crippen LogP contribution in [0.25, 0.3) is 0 Å². The van der Waals surface area contributed by atoms with Crippen LogP contribution in [0.3, 0.4) is 0 Å². The van der Waals surface area contributed by atoms with Crippen LogP contribution in [-0.4, -0.2) is 26.5 Å². The molecule has 0 fully saturated rings. The molecule has 1 aromatic carbocycles. The molecule has 3 N–H and O–H groups in total. The molecule has 2 aromatic rings. The lowest BCUT2D eigenvalue weighted by atomic mass is 10.2. The van der Waals surface area contributed by atoms with E-state index in [1.807, 2.05) is 0 Å². The number of hydrazone groups is 1. The Bertz CT molecular complexity index is 635. The summed E-state index contributed by atoms with van der Waals surface area (Å²) in [6.07, 6.45) is 1.41. The van der Waals surface area contributed by atoms with Gasteiger partial charge in [0.1, 0.15) is 11.4 Å². The number of aryl methyl sites for hydroxylation is 1. The summed E-state index contributed by atoms with van der Waals surface area (Å²) in [5.41, 5.74) is 3.02. The van der Waals surface area contributed by atoms with Gasteiger partial charge in [-0.1, -0.05) is 12.1 Å². The van der Waals surface area contributed by atoms with Gasteiger partial charge < -0.3 is 5.11 Å². The lowest BCUT2D eigenvalue weighted by Gasteiger charge is -1.99. The van der Waals surface area contributed by atoms with Crippen LogP contribution in [0.2, 0.25) is 0 Å². The third-order valence-electron chi connectivity index (χ3n) is 2.17. The molecule has 0 amide bonds. The maximum absolute atomic E-state index is 11.2. The topological polar surface area (TPSA) is 103 Å². The first-order valence-electron chi connectivity index (χ1n) is 5.17. The van der Waals surface area contributed by atoms with Crippen LogP contribution < -0.4 is 11.0 Å². The Morgan fingerprint density at radius 3 is 2.89 bits per heavy atom. The number of aromatic hydroxyl groups is 1. The molecule has 92 valence electrons. The predicted octanol–water partition coefficient (Wildman–Crippen LogP) is 0.625. The van der Waals surface area contributed by atoms with E-state index in [0.717, 1.165) is 0 Å². The first-order chi connectivity index (χ1) is 8.66. The third-order valence-corrected chi connectivity index (χ3v) is 2.17. The summed E-state index contributed by atoms with van der Waals surface area (Å²) < 4.78 is 0. The smallest absolute Gasteiger partial charge is 0.274 e. The SMILES string of the molecule is Cc1nnc(NN=Cc2ccccc2O)[nH]c1=O. The number of hydrogen-bond acceptors (Lipinski definition) is 6. The average molecular weight is 245 g/mol. The summed E-state index contributed by atoms with van der Waals surface area (Å²) in [7, 11) is 0. The summed E-state index contributed by atoms with van der Waals surface area (Å²) in [6.45, 7) is 1.56. The van der Waals surface area contributed by atoms with Gasteiger partial charge in [-0.15, -0.1) is 10.2 Å². The van der Waals surface area contributed by atoms with Crippen LogP contribution in [0.4, 0.5) is 5.95 Å². The van der Waals surface area contributed by atoms with Crippen LogP contribution in [0.5, 0.6) is 5.75 Å². The maximum Gasteiger partial charge on any atom is 0.274 e. The summed E-state index contributed by atoms with van der Waals surface area (Å²) in [5.74, 6) is 0.254. The van der Waals surface area contributed by atoms with E-state index in [0.29, 0.717) is 5.56 Å². The largest absolute Gasteiger partial charge is 0.507 e. The zero-order valence-corrected chi connectivity index (χ0v) is 9.58. The van der Waals surface area contributed by atoms with Gasteiger partial charge in [-0.3, -0.25) is 9.78 Å². The number of H-pyrrole nitrogens is 1. The second-order valence-corrected chi connectivity index (χ2v) is 3.52. The number of rotatable bonds is 3. The molecule has 0 aliphatic rings. The van der Waals surface area contributed by atoms with Gasteiger partial charge >= 0.3 is 0 Å². The summed E-state index contributed by atoms with van der Waals surface area (Å²) >= 11 is 0. The summed E-state index contributed by atoms with van der Waals surface area (Å²) in [5, 5.41) is 20.7. The van der Waals surface area contributed by atoms with E-state index < -0.39 is 0 Å². The van der Waals surface area contributed by atoms with Gasteiger partial charge in [-0.05, 0) is 19.1 Å². The molecule has 2 rings (SSSR count). The van der Waals surface area contributed by atoms with E-state index in [4.69, 9.17) is 0 Å². The molecule has 0 unspecified atom stereocenters. The zero-order chi connectivity index (χ0) is 13.0. The highest BCUT2D eigenvalue weighted by Gasteiger charge is 1.98. The summed E-state index contributed by atoms with van der Waals surface area (Å²) in [4.78, 5) is 13.7. The molecule has 1 aromatic heterocycles. The fraction of sp³-hybridized carbons (Fsp3) is 0.0909. The standard InChI is InChI=1S/C11H11N5O2/c1-7-10(18)13-11(16-14-7)15-12-6-8-4-2-3-5-9(8)17/h2-6,17H,1H3,(H2,13,15,16,18). The minimum absolute atomic E-state index is 0.117. The zero-order valence-electron chi connectivity index (χ0n) is 9.58. The van der Waals surface area contributed by atoms with E-state index in [2.05, 4.69) is 25.7 Å². The first kappa shape index (κ1) is 11.8. The van der Waals surface area contributed by atoms with Crippen molar-refractivity contribution in [3.05, 3.63) is 45.9 Å². The van der Waals surface area contributed by atoms with Crippen molar-refractivity contribution in [2.45, 2.75) is 6.92 Å². The molecule has 1 heterocycles. The number of nitrogens with zero attached hydrogens (tertiary/aromatic N) is 3. The quantitative estimate of drug-likeness (QED) is 0.543. The van der Waals surface area contributed by atoms with Gasteiger partial charge in [0.2, 0.25) is 5.95 Å². The lowest BCUT2D eigenvalue weighted by molar-refractivity contribution is 0.474. The number of aromatic amines is 1. The van der Waals surface area contributed by atoms with Crippen LogP contribution in [0, 0.1) is 6.92 Å². The predicted molar refractivity (Wildman–Crippen MR) is 66.7 cm³/mol. The number of anilines is 1. The van der Waals surface area contributed by atoms with E-state index in [1.165, 1.54) is 6.21 Å². The van der Waals surface area contributed by atoms with Gasteiger partial charge in [0.25, 0.3) is 5.56 Å². The molecule has 0 spiro atoms. The van der Waals surface area contributed by atoms with Gasteiger partial charge in [0.15, 0.2) is 0 Å². The minimum atomic E-state index is -0.328. The van der Waals surface area contributed by atoms with Crippen LogP contribution >= 0.6 is 0 Å². The molecule has 7 nitrogen and oxygen atoms in total. The number of benzene rings is 1. The van der Waals surface area contributed by atoms with Crippen molar-refractivity contribution in [3.63, 3.8) is 0 Å². The molecule has 0 bridgehead atoms. The Balaban J connectivity index is 2.10. The van der Waals surface area contributed by atoms with Crippen molar-refractivity contribution in [2.24, 2.45) is 5.10 Å². The second kappa shape index (κ2) is 5.09.